The van der Waals surface area contributed by atoms with Crippen LogP contribution in [-0.2, 0) is 11.3 Å². The van der Waals surface area contributed by atoms with Crippen molar-refractivity contribution in [2.24, 2.45) is 11.7 Å². The molecule has 1 aromatic carbocycles. The molecule has 0 aromatic heterocycles. The largest absolute Gasteiger partial charge is 0.490 e. The van der Waals surface area contributed by atoms with Crippen LogP contribution < -0.4 is 15.8 Å². The molecule has 0 saturated heterocycles. The predicted molar refractivity (Wildman–Crippen MR) is 91.3 cm³/mol. The van der Waals surface area contributed by atoms with Crippen molar-refractivity contribution in [2.45, 2.75) is 51.7 Å². The molecule has 2 rings (SSSR count). The van der Waals surface area contributed by atoms with E-state index in [9.17, 15) is 4.79 Å². The summed E-state index contributed by atoms with van der Waals surface area (Å²) in [5.41, 5.74) is 6.55. The molecule has 1 aliphatic carbocycles. The van der Waals surface area contributed by atoms with Gasteiger partial charge in [0.25, 0.3) is 0 Å². The first kappa shape index (κ1) is 18.8. The van der Waals surface area contributed by atoms with E-state index < -0.39 is 0 Å². The number of amides is 1. The number of nitrogens with two attached hydrogens (primary N) is 1. The first-order valence-electron chi connectivity index (χ1n) is 7.92. The van der Waals surface area contributed by atoms with Crippen LogP contribution in [0.4, 0.5) is 0 Å². The average molecular weight is 327 g/mol. The number of rotatable bonds is 6. The van der Waals surface area contributed by atoms with Gasteiger partial charge in [0, 0.05) is 19.0 Å². The molecular weight excluding hydrogens is 300 g/mol. The summed E-state index contributed by atoms with van der Waals surface area (Å²) in [4.78, 5) is 11.7. The second-order valence-electron chi connectivity index (χ2n) is 5.88. The zero-order valence-electron chi connectivity index (χ0n) is 13.2. The van der Waals surface area contributed by atoms with Gasteiger partial charge in [-0.2, -0.15) is 0 Å². The van der Waals surface area contributed by atoms with Crippen molar-refractivity contribution in [2.75, 3.05) is 6.54 Å². The lowest BCUT2D eigenvalue weighted by Crippen LogP contribution is -2.32. The van der Waals surface area contributed by atoms with E-state index in [0.29, 0.717) is 19.2 Å². The molecule has 1 atom stereocenters. The van der Waals surface area contributed by atoms with Gasteiger partial charge in [-0.3, -0.25) is 4.79 Å². The van der Waals surface area contributed by atoms with Gasteiger partial charge in [-0.15, -0.1) is 12.4 Å². The summed E-state index contributed by atoms with van der Waals surface area (Å²) in [5.74, 6) is 0.784. The second-order valence-corrected chi connectivity index (χ2v) is 5.88. The Bertz CT molecular complexity index is 444. The standard InChI is InChI=1S/C17H26N2O2.ClH/c1-13(11-18)17(20)19-12-14-7-9-16(10-8-14)21-15-5-3-2-4-6-15;/h7-10,13,15H,2-6,11-12,18H2,1H3,(H,19,20);1H. The predicted octanol–water partition coefficient (Wildman–Crippen LogP) is 3.03. The fourth-order valence-electron chi connectivity index (χ4n) is 2.53. The molecule has 1 aromatic rings. The van der Waals surface area contributed by atoms with Gasteiger partial charge < -0.3 is 15.8 Å². The quantitative estimate of drug-likeness (QED) is 0.844. The lowest BCUT2D eigenvalue weighted by molar-refractivity contribution is -0.124. The number of nitrogens with one attached hydrogen (secondary N) is 1. The maximum atomic E-state index is 11.7. The van der Waals surface area contributed by atoms with E-state index in [1.807, 2.05) is 31.2 Å². The van der Waals surface area contributed by atoms with E-state index in [4.69, 9.17) is 10.5 Å². The minimum atomic E-state index is -0.140. The Hall–Kier alpha value is -1.26. The summed E-state index contributed by atoms with van der Waals surface area (Å²) in [6, 6.07) is 7.99. The topological polar surface area (TPSA) is 64.4 Å². The van der Waals surface area contributed by atoms with Crippen molar-refractivity contribution in [3.05, 3.63) is 29.8 Å². The molecule has 0 spiro atoms. The summed E-state index contributed by atoms with van der Waals surface area (Å²) in [6.45, 7) is 2.74. The highest BCUT2D eigenvalue weighted by Gasteiger charge is 2.14. The van der Waals surface area contributed by atoms with Crippen LogP contribution in [0.1, 0.15) is 44.6 Å². The summed E-state index contributed by atoms with van der Waals surface area (Å²) >= 11 is 0. The maximum absolute atomic E-state index is 11.7. The van der Waals surface area contributed by atoms with E-state index in [2.05, 4.69) is 5.32 Å². The summed E-state index contributed by atoms with van der Waals surface area (Å²) in [7, 11) is 0. The molecule has 1 fully saturated rings. The molecule has 4 nitrogen and oxygen atoms in total. The van der Waals surface area contributed by atoms with E-state index in [1.54, 1.807) is 0 Å². The van der Waals surface area contributed by atoms with Crippen LogP contribution >= 0.6 is 12.4 Å². The van der Waals surface area contributed by atoms with E-state index in [0.717, 1.165) is 24.2 Å². The molecular formula is C17H27ClN2O2. The number of ether oxygens (including phenoxy) is 1. The number of carbonyl (C=O) groups excluding carboxylic acids is 1. The van der Waals surface area contributed by atoms with Crippen molar-refractivity contribution in [3.63, 3.8) is 0 Å². The van der Waals surface area contributed by atoms with Crippen molar-refractivity contribution in [1.29, 1.82) is 0 Å². The zero-order valence-corrected chi connectivity index (χ0v) is 14.0. The van der Waals surface area contributed by atoms with Crippen molar-refractivity contribution in [3.8, 4) is 5.75 Å². The lowest BCUT2D eigenvalue weighted by atomic mass is 9.98. The summed E-state index contributed by atoms with van der Waals surface area (Å²) in [6.07, 6.45) is 6.57. The molecule has 3 N–H and O–H groups in total. The molecule has 0 aliphatic heterocycles. The molecule has 0 bridgehead atoms. The maximum Gasteiger partial charge on any atom is 0.224 e. The number of halogens is 1. The number of hydrogen-bond donors (Lipinski definition) is 2. The highest BCUT2D eigenvalue weighted by molar-refractivity contribution is 5.85. The Morgan fingerprint density at radius 3 is 2.50 bits per heavy atom. The minimum absolute atomic E-state index is 0. The number of hydrogen-bond acceptors (Lipinski definition) is 3. The third-order valence-corrected chi connectivity index (χ3v) is 4.05. The number of benzene rings is 1. The Labute approximate surface area is 139 Å². The molecule has 124 valence electrons. The Kier molecular flexibility index (Phi) is 8.28. The second kappa shape index (κ2) is 9.70. The SMILES string of the molecule is CC(CN)C(=O)NCc1ccc(OC2CCCCC2)cc1.Cl. The Morgan fingerprint density at radius 2 is 1.91 bits per heavy atom. The first-order valence-corrected chi connectivity index (χ1v) is 7.92. The van der Waals surface area contributed by atoms with Crippen LogP contribution in [-0.4, -0.2) is 18.6 Å². The Morgan fingerprint density at radius 1 is 1.27 bits per heavy atom. The molecule has 5 heteroatoms. The van der Waals surface area contributed by atoms with Gasteiger partial charge >= 0.3 is 0 Å². The normalized spacial score (nSPS) is 16.5. The molecule has 1 aliphatic rings. The monoisotopic (exact) mass is 326 g/mol. The van der Waals surface area contributed by atoms with Gasteiger partial charge in [-0.05, 0) is 43.4 Å². The van der Waals surface area contributed by atoms with E-state index in [1.165, 1.54) is 19.3 Å². The van der Waals surface area contributed by atoms with Gasteiger partial charge in [-0.1, -0.05) is 25.5 Å². The van der Waals surface area contributed by atoms with Crippen molar-refractivity contribution in [1.82, 2.24) is 5.32 Å². The van der Waals surface area contributed by atoms with Crippen LogP contribution in [0.5, 0.6) is 5.75 Å². The summed E-state index contributed by atoms with van der Waals surface area (Å²) in [5, 5.41) is 2.89. The first-order chi connectivity index (χ1) is 10.2. The van der Waals surface area contributed by atoms with Gasteiger partial charge in [0.1, 0.15) is 5.75 Å². The third kappa shape index (κ3) is 5.85. The zero-order chi connectivity index (χ0) is 15.1. The molecule has 22 heavy (non-hydrogen) atoms. The van der Waals surface area contributed by atoms with E-state index in [-0.39, 0.29) is 24.2 Å². The van der Waals surface area contributed by atoms with Gasteiger partial charge in [0.2, 0.25) is 5.91 Å². The molecule has 1 amide bonds. The van der Waals surface area contributed by atoms with Crippen LogP contribution in [0.25, 0.3) is 0 Å². The van der Waals surface area contributed by atoms with Crippen molar-refractivity contribution >= 4 is 18.3 Å². The van der Waals surface area contributed by atoms with Gasteiger partial charge in [-0.25, -0.2) is 0 Å². The average Bonchev–Trinajstić information content (AvgIpc) is 2.54. The minimum Gasteiger partial charge on any atom is -0.490 e. The smallest absolute Gasteiger partial charge is 0.224 e. The van der Waals surface area contributed by atoms with Crippen LogP contribution in [0.3, 0.4) is 0 Å². The number of carbonyl (C=O) groups is 1. The third-order valence-electron chi connectivity index (χ3n) is 4.05. The summed E-state index contributed by atoms with van der Waals surface area (Å²) < 4.78 is 5.99. The van der Waals surface area contributed by atoms with Crippen LogP contribution in [0.2, 0.25) is 0 Å². The van der Waals surface area contributed by atoms with Gasteiger partial charge in [0.05, 0.1) is 6.10 Å². The highest BCUT2D eigenvalue weighted by Crippen LogP contribution is 2.23. The van der Waals surface area contributed by atoms with Crippen LogP contribution in [0.15, 0.2) is 24.3 Å². The lowest BCUT2D eigenvalue weighted by Gasteiger charge is -2.23. The highest BCUT2D eigenvalue weighted by atomic mass is 35.5. The fraction of sp³-hybridized carbons (Fsp3) is 0.588. The Balaban J connectivity index is 0.00000242. The molecule has 1 saturated carbocycles. The van der Waals surface area contributed by atoms with Crippen LogP contribution in [0, 0.1) is 5.92 Å². The van der Waals surface area contributed by atoms with E-state index >= 15 is 0 Å². The van der Waals surface area contributed by atoms with Gasteiger partial charge in [0.15, 0.2) is 0 Å². The fourth-order valence-corrected chi connectivity index (χ4v) is 2.53. The molecule has 0 radical (unpaired) electrons. The molecule has 0 heterocycles. The molecule has 1 unspecified atom stereocenters. The van der Waals surface area contributed by atoms with Crippen molar-refractivity contribution < 1.29 is 9.53 Å².